The number of nitrogens with one attached hydrogen (secondary N) is 2. The van der Waals surface area contributed by atoms with Gasteiger partial charge in [-0.15, -0.1) is 0 Å². The number of anilines is 2. The van der Waals surface area contributed by atoms with E-state index >= 15 is 0 Å². The number of benzene rings is 3. The maximum atomic E-state index is 12.9. The number of carbonyl (C=O) groups is 3. The molecule has 0 aliphatic heterocycles. The van der Waals surface area contributed by atoms with Gasteiger partial charge in [-0.05, 0) is 54.6 Å². The molecule has 7 nitrogen and oxygen atoms in total. The van der Waals surface area contributed by atoms with Gasteiger partial charge in [0.25, 0.3) is 17.7 Å². The van der Waals surface area contributed by atoms with E-state index in [1.807, 2.05) is 0 Å². The topological polar surface area (TPSA) is 111 Å². The molecule has 34 heavy (non-hydrogen) atoms. The fraction of sp³-hybridized carbons (Fsp3) is 0.0870. The molecular weight excluding hydrogens is 475 g/mol. The van der Waals surface area contributed by atoms with Crippen molar-refractivity contribution in [2.75, 3.05) is 17.2 Å². The molecule has 0 heterocycles. The first-order valence-corrected chi connectivity index (χ1v) is 10.0. The zero-order valence-corrected chi connectivity index (χ0v) is 18.0. The van der Waals surface area contributed by atoms with Crippen LogP contribution in [0, 0.1) is 0 Å². The smallest absolute Gasteiger partial charge is 0.416 e. The Kier molecular flexibility index (Phi) is 7.42. The lowest BCUT2D eigenvalue weighted by Gasteiger charge is -2.12. The summed E-state index contributed by atoms with van der Waals surface area (Å²) >= 11 is 5.82. The third-order valence-electron chi connectivity index (χ3n) is 4.42. The fourth-order valence-electron chi connectivity index (χ4n) is 2.88. The highest BCUT2D eigenvalue weighted by atomic mass is 35.5. The molecule has 4 N–H and O–H groups in total. The normalized spacial score (nSPS) is 10.9. The first-order valence-electron chi connectivity index (χ1n) is 9.63. The molecule has 3 aromatic carbocycles. The minimum absolute atomic E-state index is 0.00793. The lowest BCUT2D eigenvalue weighted by Crippen LogP contribution is -2.22. The van der Waals surface area contributed by atoms with Crippen LogP contribution in [0.2, 0.25) is 5.02 Å². The Bertz CT molecular complexity index is 1250. The summed E-state index contributed by atoms with van der Waals surface area (Å²) in [6, 6.07) is 14.2. The molecule has 176 valence electrons. The van der Waals surface area contributed by atoms with Crippen LogP contribution in [-0.4, -0.2) is 24.3 Å². The van der Waals surface area contributed by atoms with Gasteiger partial charge in [0.05, 0.1) is 11.1 Å². The van der Waals surface area contributed by atoms with Gasteiger partial charge in [-0.3, -0.25) is 14.4 Å². The van der Waals surface area contributed by atoms with Crippen molar-refractivity contribution in [1.29, 1.82) is 0 Å². The van der Waals surface area contributed by atoms with E-state index in [1.54, 1.807) is 0 Å². The van der Waals surface area contributed by atoms with Crippen molar-refractivity contribution in [2.24, 2.45) is 5.73 Å². The Hall–Kier alpha value is -4.05. The molecule has 0 atom stereocenters. The van der Waals surface area contributed by atoms with Gasteiger partial charge < -0.3 is 21.1 Å². The summed E-state index contributed by atoms with van der Waals surface area (Å²) in [6.45, 7) is -0.470. The Morgan fingerprint density at radius 2 is 1.59 bits per heavy atom. The Balaban J connectivity index is 1.64. The molecule has 0 aliphatic rings. The minimum atomic E-state index is -4.54. The highest BCUT2D eigenvalue weighted by Gasteiger charge is 2.30. The molecule has 0 spiro atoms. The summed E-state index contributed by atoms with van der Waals surface area (Å²) in [5.41, 5.74) is 4.70. The van der Waals surface area contributed by atoms with Crippen molar-refractivity contribution in [3.8, 4) is 5.75 Å². The summed E-state index contributed by atoms with van der Waals surface area (Å²) in [6.07, 6.45) is -4.54. The van der Waals surface area contributed by atoms with Crippen LogP contribution in [0.3, 0.4) is 0 Å². The first kappa shape index (κ1) is 24.6. The van der Waals surface area contributed by atoms with Crippen LogP contribution in [-0.2, 0) is 11.0 Å². The molecule has 3 aromatic rings. The predicted molar refractivity (Wildman–Crippen MR) is 120 cm³/mol. The number of carbonyl (C=O) groups excluding carboxylic acids is 3. The summed E-state index contributed by atoms with van der Waals surface area (Å²) < 4.78 is 43.9. The van der Waals surface area contributed by atoms with Crippen LogP contribution in [0.4, 0.5) is 24.5 Å². The van der Waals surface area contributed by atoms with Crippen molar-refractivity contribution in [3.63, 3.8) is 0 Å². The second kappa shape index (κ2) is 10.3. The molecule has 3 amide bonds. The standard InChI is InChI=1S/C23H17ClF3N3O4/c24-15-7-8-19(18(11-15)21(28)32)34-12-20(31)29-16-5-1-3-13(9-16)22(33)30-17-6-2-4-14(10-17)23(25,26)27/h1-11H,12H2,(H2,28,32)(H,29,31)(H,30,33). The summed E-state index contributed by atoms with van der Waals surface area (Å²) in [4.78, 5) is 36.2. The van der Waals surface area contributed by atoms with Crippen LogP contribution in [0.5, 0.6) is 5.75 Å². The number of amides is 3. The zero-order chi connectivity index (χ0) is 24.9. The van der Waals surface area contributed by atoms with E-state index in [2.05, 4.69) is 10.6 Å². The molecule has 0 saturated carbocycles. The van der Waals surface area contributed by atoms with Crippen molar-refractivity contribution in [1.82, 2.24) is 0 Å². The summed E-state index contributed by atoms with van der Waals surface area (Å²) in [5, 5.41) is 5.18. The number of hydrogen-bond acceptors (Lipinski definition) is 4. The third kappa shape index (κ3) is 6.48. The molecule has 11 heteroatoms. The van der Waals surface area contributed by atoms with E-state index in [4.69, 9.17) is 22.1 Å². The van der Waals surface area contributed by atoms with Crippen molar-refractivity contribution >= 4 is 40.7 Å². The number of halogens is 4. The molecule has 3 rings (SSSR count). The van der Waals surface area contributed by atoms with Crippen LogP contribution in [0.25, 0.3) is 0 Å². The molecule has 0 unspecified atom stereocenters. The van der Waals surface area contributed by atoms with Gasteiger partial charge in [0, 0.05) is 22.0 Å². The van der Waals surface area contributed by atoms with Gasteiger partial charge in [0.2, 0.25) is 0 Å². The summed E-state index contributed by atoms with van der Waals surface area (Å²) in [5.74, 6) is -1.97. The first-order chi connectivity index (χ1) is 16.0. The summed E-state index contributed by atoms with van der Waals surface area (Å²) in [7, 11) is 0. The van der Waals surface area contributed by atoms with Crippen molar-refractivity contribution in [2.45, 2.75) is 6.18 Å². The molecule has 0 aromatic heterocycles. The zero-order valence-electron chi connectivity index (χ0n) is 17.3. The monoisotopic (exact) mass is 491 g/mol. The predicted octanol–water partition coefficient (Wildman–Crippen LogP) is 4.73. The number of primary amides is 1. The second-order valence-electron chi connectivity index (χ2n) is 6.96. The van der Waals surface area contributed by atoms with E-state index in [0.717, 1.165) is 12.1 Å². The number of rotatable bonds is 7. The van der Waals surface area contributed by atoms with Crippen LogP contribution >= 0.6 is 11.6 Å². The average molecular weight is 492 g/mol. The van der Waals surface area contributed by atoms with Gasteiger partial charge >= 0.3 is 6.18 Å². The average Bonchev–Trinajstić information content (AvgIpc) is 2.78. The molecule has 0 fully saturated rings. The maximum absolute atomic E-state index is 12.9. The molecule has 0 bridgehead atoms. The lowest BCUT2D eigenvalue weighted by molar-refractivity contribution is -0.137. The van der Waals surface area contributed by atoms with E-state index in [0.29, 0.717) is 0 Å². The number of alkyl halides is 3. The number of nitrogens with two attached hydrogens (primary N) is 1. The number of hydrogen-bond donors (Lipinski definition) is 3. The van der Waals surface area contributed by atoms with E-state index in [1.165, 1.54) is 54.6 Å². The molecule has 0 radical (unpaired) electrons. The highest BCUT2D eigenvalue weighted by Crippen LogP contribution is 2.30. The molecule has 0 saturated heterocycles. The molecular formula is C23H17ClF3N3O4. The van der Waals surface area contributed by atoms with Gasteiger partial charge in [-0.1, -0.05) is 23.7 Å². The Labute approximate surface area is 196 Å². The van der Waals surface area contributed by atoms with Gasteiger partial charge in [0.15, 0.2) is 6.61 Å². The van der Waals surface area contributed by atoms with Crippen molar-refractivity contribution < 1.29 is 32.3 Å². The largest absolute Gasteiger partial charge is 0.483 e. The van der Waals surface area contributed by atoms with Gasteiger partial charge in [-0.25, -0.2) is 0 Å². The van der Waals surface area contributed by atoms with Crippen molar-refractivity contribution in [3.05, 3.63) is 88.4 Å². The highest BCUT2D eigenvalue weighted by molar-refractivity contribution is 6.31. The maximum Gasteiger partial charge on any atom is 0.416 e. The fourth-order valence-corrected chi connectivity index (χ4v) is 3.05. The minimum Gasteiger partial charge on any atom is -0.483 e. The van der Waals surface area contributed by atoms with Crippen LogP contribution in [0.1, 0.15) is 26.3 Å². The van der Waals surface area contributed by atoms with E-state index in [9.17, 15) is 27.6 Å². The SMILES string of the molecule is NC(=O)c1cc(Cl)ccc1OCC(=O)Nc1cccc(C(=O)Nc2cccc(C(F)(F)F)c2)c1. The molecule has 0 aliphatic carbocycles. The Morgan fingerprint density at radius 3 is 2.26 bits per heavy atom. The van der Waals surface area contributed by atoms with E-state index < -0.39 is 36.1 Å². The van der Waals surface area contributed by atoms with Crippen LogP contribution < -0.4 is 21.1 Å². The van der Waals surface area contributed by atoms with Gasteiger partial charge in [0.1, 0.15) is 5.75 Å². The Morgan fingerprint density at radius 1 is 0.912 bits per heavy atom. The lowest BCUT2D eigenvalue weighted by atomic mass is 10.1. The second-order valence-corrected chi connectivity index (χ2v) is 7.39. The third-order valence-corrected chi connectivity index (χ3v) is 4.66. The number of ether oxygens (including phenoxy) is 1. The van der Waals surface area contributed by atoms with Gasteiger partial charge in [-0.2, -0.15) is 13.2 Å². The quantitative estimate of drug-likeness (QED) is 0.444. The van der Waals surface area contributed by atoms with E-state index in [-0.39, 0.29) is 33.3 Å². The van der Waals surface area contributed by atoms with Crippen LogP contribution in [0.15, 0.2) is 66.7 Å².